The van der Waals surface area contributed by atoms with Crippen molar-refractivity contribution in [3.63, 3.8) is 0 Å². The molecule has 13 aromatic carbocycles. The number of benzene rings is 13. The minimum absolute atomic E-state index is 0.113. The maximum absolute atomic E-state index is 10.5. The fourth-order valence-electron chi connectivity index (χ4n) is 16.5. The largest absolute Gasteiger partial charge is 0.310 e. The van der Waals surface area contributed by atoms with E-state index in [1.165, 1.54) is 38.6 Å². The number of rotatable bonds is 8. The highest BCUT2D eigenvalue weighted by Crippen LogP contribution is 2.55. The topological polar surface area (TPSA) is 63.9 Å². The lowest BCUT2D eigenvalue weighted by Gasteiger charge is -2.46. The van der Waals surface area contributed by atoms with Gasteiger partial charge in [-0.05, 0) is 216 Å². The Morgan fingerprint density at radius 2 is 0.606 bits per heavy atom. The van der Waals surface area contributed by atoms with Crippen molar-refractivity contribution in [1.29, 1.82) is 10.5 Å². The molecule has 0 N–H and O–H groups in total. The zero-order chi connectivity index (χ0) is 72.0. The summed E-state index contributed by atoms with van der Waals surface area (Å²) < 4.78 is 4.87. The molecule has 0 amide bonds. The summed E-state index contributed by atoms with van der Waals surface area (Å²) in [7, 11) is 0. The Morgan fingerprint density at radius 1 is 0.298 bits per heavy atom. The predicted molar refractivity (Wildman–Crippen MR) is 440 cm³/mol. The predicted octanol–water partition coefficient (Wildman–Crippen LogP) is 23.9. The van der Waals surface area contributed by atoms with Gasteiger partial charge in [-0.3, -0.25) is 0 Å². The lowest BCUT2D eigenvalue weighted by atomic mass is 9.33. The maximum Gasteiger partial charge on any atom is 0.252 e. The van der Waals surface area contributed by atoms with E-state index in [4.69, 9.17) is 0 Å². The van der Waals surface area contributed by atoms with Crippen molar-refractivity contribution in [2.75, 3.05) is 9.80 Å². The Labute approximate surface area is 612 Å². The second-order valence-electron chi connectivity index (χ2n) is 32.9. The number of anilines is 6. The number of aryl methyl sites for hydroxylation is 1. The summed E-state index contributed by atoms with van der Waals surface area (Å²) in [4.78, 5) is 5.32. The third-order valence-corrected chi connectivity index (χ3v) is 22.0. The van der Waals surface area contributed by atoms with Crippen LogP contribution in [0.25, 0.3) is 99.5 Å². The number of nitriles is 2. The first-order valence-corrected chi connectivity index (χ1v) is 36.5. The summed E-state index contributed by atoms with van der Waals surface area (Å²) in [5.74, 6) is 0. The van der Waals surface area contributed by atoms with Gasteiger partial charge >= 0.3 is 0 Å². The van der Waals surface area contributed by atoms with Crippen LogP contribution < -0.4 is 26.2 Å². The molecule has 104 heavy (non-hydrogen) atoms. The van der Waals surface area contributed by atoms with Gasteiger partial charge in [0.25, 0.3) is 6.71 Å². The third kappa shape index (κ3) is 10.7. The van der Waals surface area contributed by atoms with Crippen molar-refractivity contribution in [2.24, 2.45) is 0 Å². The number of hydrogen-bond donors (Lipinski definition) is 0. The molecule has 0 bridgehead atoms. The number of nitrogens with zero attached hydrogens (tertiary/aromatic N) is 6. The van der Waals surface area contributed by atoms with Crippen LogP contribution in [0.15, 0.2) is 267 Å². The van der Waals surface area contributed by atoms with Crippen LogP contribution in [0.5, 0.6) is 0 Å². The van der Waals surface area contributed by atoms with E-state index in [0.29, 0.717) is 11.1 Å². The molecule has 0 atom stereocenters. The van der Waals surface area contributed by atoms with Crippen molar-refractivity contribution in [2.45, 2.75) is 112 Å². The van der Waals surface area contributed by atoms with Gasteiger partial charge in [-0.25, -0.2) is 0 Å². The van der Waals surface area contributed by atoms with E-state index in [1.54, 1.807) is 0 Å². The molecule has 0 radical (unpaired) electrons. The van der Waals surface area contributed by atoms with Gasteiger partial charge in [0, 0.05) is 77.9 Å². The van der Waals surface area contributed by atoms with E-state index in [-0.39, 0.29) is 28.4 Å². The van der Waals surface area contributed by atoms with Crippen molar-refractivity contribution < 1.29 is 0 Å². The van der Waals surface area contributed by atoms with Crippen LogP contribution >= 0.6 is 0 Å². The van der Waals surface area contributed by atoms with Crippen LogP contribution in [-0.2, 0) is 21.7 Å². The first-order chi connectivity index (χ1) is 49.9. The molecule has 4 heterocycles. The molecular formula is C97H83BN6. The third-order valence-electron chi connectivity index (χ3n) is 22.0. The van der Waals surface area contributed by atoms with E-state index in [0.717, 1.165) is 139 Å². The second-order valence-corrected chi connectivity index (χ2v) is 32.9. The molecule has 0 fully saturated rings. The molecule has 0 spiro atoms. The Balaban J connectivity index is 1.05. The molecule has 17 rings (SSSR count). The van der Waals surface area contributed by atoms with Crippen molar-refractivity contribution >= 4 is 101 Å². The zero-order valence-corrected chi connectivity index (χ0v) is 61.7. The summed E-state index contributed by atoms with van der Waals surface area (Å²) in [5.41, 5.74) is 32.0. The molecular weight excluding hydrogens is 1260 g/mol. The monoisotopic (exact) mass is 1340 g/mol. The number of hydrogen-bond acceptors (Lipinski definition) is 4. The van der Waals surface area contributed by atoms with Crippen LogP contribution in [0.1, 0.15) is 122 Å². The van der Waals surface area contributed by atoms with E-state index >= 15 is 0 Å². The van der Waals surface area contributed by atoms with Crippen LogP contribution in [0.2, 0.25) is 0 Å². The Bertz CT molecular complexity index is 5620. The molecule has 2 aliphatic rings. The molecule has 15 aromatic rings. The first kappa shape index (κ1) is 65.4. The zero-order valence-electron chi connectivity index (χ0n) is 61.7. The van der Waals surface area contributed by atoms with Gasteiger partial charge in [0.15, 0.2) is 0 Å². The molecule has 2 aliphatic heterocycles. The van der Waals surface area contributed by atoms with Crippen molar-refractivity contribution in [3.05, 3.63) is 306 Å². The van der Waals surface area contributed by atoms with Gasteiger partial charge in [-0.15, -0.1) is 0 Å². The summed E-state index contributed by atoms with van der Waals surface area (Å²) in [6.45, 7) is 29.6. The fourth-order valence-corrected chi connectivity index (χ4v) is 16.5. The van der Waals surface area contributed by atoms with E-state index in [9.17, 15) is 10.5 Å². The summed E-state index contributed by atoms with van der Waals surface area (Å²) in [5, 5.41) is 25.4. The summed E-state index contributed by atoms with van der Waals surface area (Å²) >= 11 is 0. The standard InChI is InChI=1S/C97H83BN6/c1-60-46-89-91-90(47-60)104(93-75(65-30-22-16-23-31-65)54-70(97(11,12)13)55-76(93)66-32-24-17-25-33-66)88-57-72(102-84-43-35-62(59-100)49-78(84)80-51-68(95(5,6)7)37-45-86(80)102)39-41-82(88)98(91)81-40-38-71(101-83-42-34-61(58-99)48-77(83)79-50-67(94(2,3)4)36-44-85(79)101)56-87(81)103(89)92-73(63-26-18-14-19-27-63)52-69(96(8,9)10)53-74(92)64-28-20-15-21-29-64/h14-57H,1-13H3. The smallest absolute Gasteiger partial charge is 0.252 e. The molecule has 6 nitrogen and oxygen atoms in total. The molecule has 504 valence electrons. The average Bonchev–Trinajstić information content (AvgIpc) is 0.772. The minimum atomic E-state index is -0.291. The SMILES string of the molecule is Cc1cc2c3c(c1)N(c1c(-c4ccccc4)cc(C(C)(C)C)cc1-c1ccccc1)c1cc(-n4c5ccc(C#N)cc5c5cc(C(C)(C)C)ccc54)ccc1B3c1ccc(-n3c4ccc(C#N)cc4c4cc(C(C)(C)C)ccc43)cc1N2c1c(-c2ccccc2)cc(C(C)(C)C)cc1-c1ccccc1. The molecule has 0 unspecified atom stereocenters. The minimum Gasteiger partial charge on any atom is -0.310 e. The Kier molecular flexibility index (Phi) is 15.2. The van der Waals surface area contributed by atoms with Crippen LogP contribution in [0.3, 0.4) is 0 Å². The molecule has 0 saturated heterocycles. The maximum atomic E-state index is 10.5. The van der Waals surface area contributed by atoms with Gasteiger partial charge in [-0.1, -0.05) is 229 Å². The van der Waals surface area contributed by atoms with Gasteiger partial charge in [-0.2, -0.15) is 10.5 Å². The molecule has 0 aliphatic carbocycles. The first-order valence-electron chi connectivity index (χ1n) is 36.5. The normalized spacial score (nSPS) is 13.0. The van der Waals surface area contributed by atoms with Crippen LogP contribution in [-0.4, -0.2) is 15.8 Å². The lowest BCUT2D eigenvalue weighted by molar-refractivity contribution is 0.590. The molecule has 2 aromatic heterocycles. The second kappa shape index (κ2) is 24.1. The quantitative estimate of drug-likeness (QED) is 0.142. The van der Waals surface area contributed by atoms with Crippen LogP contribution in [0.4, 0.5) is 34.1 Å². The van der Waals surface area contributed by atoms with E-state index in [2.05, 4.69) is 376 Å². The van der Waals surface area contributed by atoms with E-state index in [1.807, 2.05) is 12.1 Å². The lowest BCUT2D eigenvalue weighted by Crippen LogP contribution is -2.61. The van der Waals surface area contributed by atoms with Crippen LogP contribution in [0, 0.1) is 29.6 Å². The molecule has 0 saturated carbocycles. The molecule has 7 heteroatoms. The van der Waals surface area contributed by atoms with Gasteiger partial charge < -0.3 is 18.9 Å². The van der Waals surface area contributed by atoms with Crippen molar-refractivity contribution in [3.8, 4) is 68.0 Å². The van der Waals surface area contributed by atoms with Gasteiger partial charge in [0.1, 0.15) is 0 Å². The van der Waals surface area contributed by atoms with Gasteiger partial charge in [0.2, 0.25) is 0 Å². The highest BCUT2D eigenvalue weighted by molar-refractivity contribution is 7.00. The highest BCUT2D eigenvalue weighted by atomic mass is 15.2. The Hall–Kier alpha value is -11.9. The summed E-state index contributed by atoms with van der Waals surface area (Å²) in [6.07, 6.45) is 0. The Morgan fingerprint density at radius 3 is 0.913 bits per heavy atom. The number of aromatic nitrogens is 2. The fraction of sp³-hybridized carbons (Fsp3) is 0.175. The number of fused-ring (bicyclic) bond motifs is 10. The average molecular weight is 1340 g/mol. The highest BCUT2D eigenvalue weighted by Gasteiger charge is 2.46. The van der Waals surface area contributed by atoms with E-state index < -0.39 is 0 Å². The summed E-state index contributed by atoms with van der Waals surface area (Å²) in [6, 6.07) is 105. The van der Waals surface area contributed by atoms with Crippen molar-refractivity contribution in [1.82, 2.24) is 9.13 Å². The van der Waals surface area contributed by atoms with Gasteiger partial charge in [0.05, 0.1) is 56.7 Å².